The molecule has 0 aliphatic heterocycles. The molecule has 0 aromatic heterocycles. The van der Waals surface area contributed by atoms with E-state index in [1.807, 2.05) is 13.0 Å². The maximum absolute atomic E-state index is 12.8. The average Bonchev–Trinajstić information content (AvgIpc) is 1.88. The largest absolute Gasteiger partial charge is 0.326 e. The van der Waals surface area contributed by atoms with Crippen LogP contribution in [0.2, 0.25) is 0 Å². The first-order chi connectivity index (χ1) is 4.75. The van der Waals surface area contributed by atoms with Crippen LogP contribution in [0, 0.1) is 12.7 Å². The molecule has 62 valence electrons. The molecule has 1 aromatic rings. The normalized spacial score (nSPS) is 9.00. The van der Waals surface area contributed by atoms with Crippen LogP contribution in [0.1, 0.15) is 11.1 Å². The Hall–Kier alpha value is -0.600. The molecular weight excluding hydrogens is 165 g/mol. The van der Waals surface area contributed by atoms with Gasteiger partial charge in [-0.05, 0) is 18.6 Å². The van der Waals surface area contributed by atoms with Crippen molar-refractivity contribution in [3.05, 3.63) is 35.1 Å². The van der Waals surface area contributed by atoms with Crippen molar-refractivity contribution in [3.63, 3.8) is 0 Å². The third-order valence-electron chi connectivity index (χ3n) is 1.56. The van der Waals surface area contributed by atoms with E-state index in [0.29, 0.717) is 5.56 Å². The van der Waals surface area contributed by atoms with E-state index in [9.17, 15) is 4.39 Å². The van der Waals surface area contributed by atoms with Gasteiger partial charge in [-0.15, -0.1) is 12.4 Å². The van der Waals surface area contributed by atoms with Gasteiger partial charge < -0.3 is 5.73 Å². The van der Waals surface area contributed by atoms with E-state index >= 15 is 0 Å². The van der Waals surface area contributed by atoms with Gasteiger partial charge in [0.25, 0.3) is 0 Å². The van der Waals surface area contributed by atoms with Crippen molar-refractivity contribution < 1.29 is 4.39 Å². The summed E-state index contributed by atoms with van der Waals surface area (Å²) in [5.74, 6) is -0.206. The van der Waals surface area contributed by atoms with Gasteiger partial charge in [0.2, 0.25) is 0 Å². The summed E-state index contributed by atoms with van der Waals surface area (Å²) in [6, 6.07) is 4.96. The van der Waals surface area contributed by atoms with Gasteiger partial charge in [0.15, 0.2) is 0 Å². The van der Waals surface area contributed by atoms with Gasteiger partial charge in [0, 0.05) is 12.1 Å². The van der Waals surface area contributed by atoms with Crippen molar-refractivity contribution in [3.8, 4) is 0 Å². The number of aryl methyl sites for hydroxylation is 1. The Morgan fingerprint density at radius 1 is 1.45 bits per heavy atom. The number of hydrogen-bond donors (Lipinski definition) is 1. The Morgan fingerprint density at radius 3 is 2.45 bits per heavy atom. The highest BCUT2D eigenvalue weighted by Crippen LogP contribution is 2.10. The molecule has 0 spiro atoms. The number of rotatable bonds is 1. The Bertz CT molecular complexity index is 217. The van der Waals surface area contributed by atoms with Crippen LogP contribution in [0.4, 0.5) is 4.39 Å². The van der Waals surface area contributed by atoms with Crippen LogP contribution in [0.15, 0.2) is 18.2 Å². The molecule has 0 fully saturated rings. The predicted molar refractivity (Wildman–Crippen MR) is 46.3 cm³/mol. The molecule has 0 bridgehead atoms. The van der Waals surface area contributed by atoms with E-state index < -0.39 is 0 Å². The van der Waals surface area contributed by atoms with E-state index in [0.717, 1.165) is 5.56 Å². The van der Waals surface area contributed by atoms with Gasteiger partial charge in [-0.3, -0.25) is 0 Å². The van der Waals surface area contributed by atoms with Gasteiger partial charge >= 0.3 is 0 Å². The molecule has 1 aromatic carbocycles. The standard InChI is InChI=1S/C8H10FN.ClH/c1-6-3-2-4-8(9)7(6)5-10;/h2-4H,5,10H2,1H3;1H. The first-order valence-electron chi connectivity index (χ1n) is 3.19. The van der Waals surface area contributed by atoms with Crippen LogP contribution in [0.5, 0.6) is 0 Å². The van der Waals surface area contributed by atoms with Crippen LogP contribution < -0.4 is 5.73 Å². The minimum atomic E-state index is -0.206. The van der Waals surface area contributed by atoms with Crippen LogP contribution in [-0.4, -0.2) is 0 Å². The molecule has 3 heteroatoms. The van der Waals surface area contributed by atoms with Crippen molar-refractivity contribution in [1.29, 1.82) is 0 Å². The van der Waals surface area contributed by atoms with Gasteiger partial charge in [0.05, 0.1) is 0 Å². The Balaban J connectivity index is 0.000001000. The van der Waals surface area contributed by atoms with Gasteiger partial charge in [-0.1, -0.05) is 12.1 Å². The highest BCUT2D eigenvalue weighted by molar-refractivity contribution is 5.85. The summed E-state index contributed by atoms with van der Waals surface area (Å²) in [6.07, 6.45) is 0. The minimum Gasteiger partial charge on any atom is -0.326 e. The Morgan fingerprint density at radius 2 is 2.09 bits per heavy atom. The average molecular weight is 176 g/mol. The van der Waals surface area contributed by atoms with Crippen LogP contribution in [0.25, 0.3) is 0 Å². The second kappa shape index (κ2) is 4.31. The zero-order valence-electron chi connectivity index (χ0n) is 6.30. The fraction of sp³-hybridized carbons (Fsp3) is 0.250. The van der Waals surface area contributed by atoms with Crippen molar-refractivity contribution in [2.45, 2.75) is 13.5 Å². The van der Waals surface area contributed by atoms with E-state index in [1.165, 1.54) is 6.07 Å². The lowest BCUT2D eigenvalue weighted by Gasteiger charge is -2.01. The third-order valence-corrected chi connectivity index (χ3v) is 1.56. The smallest absolute Gasteiger partial charge is 0.127 e. The van der Waals surface area contributed by atoms with Crippen molar-refractivity contribution in [2.75, 3.05) is 0 Å². The molecule has 0 amide bonds. The topological polar surface area (TPSA) is 26.0 Å². The monoisotopic (exact) mass is 175 g/mol. The summed E-state index contributed by atoms with van der Waals surface area (Å²) < 4.78 is 12.8. The first kappa shape index (κ1) is 10.4. The minimum absolute atomic E-state index is 0. The summed E-state index contributed by atoms with van der Waals surface area (Å²) in [6.45, 7) is 2.13. The van der Waals surface area contributed by atoms with E-state index in [1.54, 1.807) is 6.07 Å². The predicted octanol–water partition coefficient (Wildman–Crippen LogP) is 2.01. The van der Waals surface area contributed by atoms with E-state index in [2.05, 4.69) is 0 Å². The number of benzene rings is 1. The van der Waals surface area contributed by atoms with Crippen LogP contribution in [0.3, 0.4) is 0 Å². The molecule has 1 rings (SSSR count). The quantitative estimate of drug-likeness (QED) is 0.695. The van der Waals surface area contributed by atoms with Crippen LogP contribution in [-0.2, 0) is 6.54 Å². The zero-order valence-corrected chi connectivity index (χ0v) is 7.12. The molecule has 0 aliphatic carbocycles. The molecule has 2 N–H and O–H groups in total. The molecule has 0 saturated heterocycles. The zero-order chi connectivity index (χ0) is 7.56. The highest BCUT2D eigenvalue weighted by atomic mass is 35.5. The molecule has 0 radical (unpaired) electrons. The molecule has 0 heterocycles. The summed E-state index contributed by atoms with van der Waals surface area (Å²) in [4.78, 5) is 0. The second-order valence-corrected chi connectivity index (χ2v) is 2.24. The molecule has 0 atom stereocenters. The Kier molecular flexibility index (Phi) is 4.08. The summed E-state index contributed by atoms with van der Waals surface area (Å²) >= 11 is 0. The highest BCUT2D eigenvalue weighted by Gasteiger charge is 2.00. The molecule has 0 unspecified atom stereocenters. The number of halogens is 2. The fourth-order valence-corrected chi connectivity index (χ4v) is 0.925. The van der Waals surface area contributed by atoms with Gasteiger partial charge in [-0.25, -0.2) is 4.39 Å². The molecule has 0 aliphatic rings. The number of hydrogen-bond acceptors (Lipinski definition) is 1. The van der Waals surface area contributed by atoms with E-state index in [4.69, 9.17) is 5.73 Å². The third kappa shape index (κ3) is 2.17. The van der Waals surface area contributed by atoms with E-state index in [-0.39, 0.29) is 24.8 Å². The first-order valence-corrected chi connectivity index (χ1v) is 3.19. The molecule has 11 heavy (non-hydrogen) atoms. The van der Waals surface area contributed by atoms with Crippen molar-refractivity contribution in [2.24, 2.45) is 5.73 Å². The maximum Gasteiger partial charge on any atom is 0.127 e. The second-order valence-electron chi connectivity index (χ2n) is 2.24. The lowest BCUT2D eigenvalue weighted by atomic mass is 10.1. The van der Waals surface area contributed by atoms with Crippen molar-refractivity contribution in [1.82, 2.24) is 0 Å². The fourth-order valence-electron chi connectivity index (χ4n) is 0.925. The molecule has 1 nitrogen and oxygen atoms in total. The maximum atomic E-state index is 12.8. The molecule has 0 saturated carbocycles. The summed E-state index contributed by atoms with van der Waals surface area (Å²) in [7, 11) is 0. The SMILES string of the molecule is Cc1cccc(F)c1CN.Cl. The summed E-state index contributed by atoms with van der Waals surface area (Å²) in [5.41, 5.74) is 6.84. The van der Waals surface area contributed by atoms with Gasteiger partial charge in [0.1, 0.15) is 5.82 Å². The lowest BCUT2D eigenvalue weighted by molar-refractivity contribution is 0.608. The summed E-state index contributed by atoms with van der Waals surface area (Å²) in [5, 5.41) is 0. The van der Waals surface area contributed by atoms with Crippen molar-refractivity contribution >= 4 is 12.4 Å². The van der Waals surface area contributed by atoms with Crippen LogP contribution >= 0.6 is 12.4 Å². The Labute approximate surface area is 71.8 Å². The lowest BCUT2D eigenvalue weighted by Crippen LogP contribution is -2.01. The molecular formula is C8H11ClFN. The van der Waals surface area contributed by atoms with Gasteiger partial charge in [-0.2, -0.15) is 0 Å². The number of nitrogens with two attached hydrogens (primary N) is 1.